The standard InChI is InChI=1S/C16H22N2O5S/c19-7-6-17(11-20)15(21)14-8-13(24)9-18(14)16(22)23-10-12-4-2-1-3-5-12/h1-5,13-14,19-20,24H,6-11H2/t13-,14+/m1/s1. The second kappa shape index (κ2) is 8.91. The van der Waals surface area contributed by atoms with Crippen LogP contribution < -0.4 is 0 Å². The molecule has 0 unspecified atom stereocenters. The summed E-state index contributed by atoms with van der Waals surface area (Å²) in [5, 5.41) is 18.1. The van der Waals surface area contributed by atoms with Crippen molar-refractivity contribution in [3.63, 3.8) is 0 Å². The molecule has 1 fully saturated rings. The Balaban J connectivity index is 2.00. The van der Waals surface area contributed by atoms with Gasteiger partial charge in [-0.2, -0.15) is 12.6 Å². The van der Waals surface area contributed by atoms with Gasteiger partial charge in [-0.15, -0.1) is 0 Å². The molecule has 132 valence electrons. The van der Waals surface area contributed by atoms with E-state index in [-0.39, 0.29) is 25.0 Å². The van der Waals surface area contributed by atoms with Crippen molar-refractivity contribution in [2.75, 3.05) is 26.4 Å². The van der Waals surface area contributed by atoms with Gasteiger partial charge in [0, 0.05) is 18.3 Å². The molecule has 1 aliphatic rings. The van der Waals surface area contributed by atoms with E-state index in [9.17, 15) is 14.7 Å². The normalized spacial score (nSPS) is 20.0. The van der Waals surface area contributed by atoms with Crippen LogP contribution in [0.15, 0.2) is 30.3 Å². The lowest BCUT2D eigenvalue weighted by Crippen LogP contribution is -2.49. The molecule has 1 aliphatic heterocycles. The largest absolute Gasteiger partial charge is 0.445 e. The summed E-state index contributed by atoms with van der Waals surface area (Å²) in [6.45, 7) is -0.349. The third-order valence-corrected chi connectivity index (χ3v) is 4.23. The number of nitrogens with zero attached hydrogens (tertiary/aromatic N) is 2. The minimum absolute atomic E-state index is 0.00990. The van der Waals surface area contributed by atoms with Crippen molar-refractivity contribution in [2.24, 2.45) is 0 Å². The van der Waals surface area contributed by atoms with E-state index in [0.29, 0.717) is 13.0 Å². The predicted molar refractivity (Wildman–Crippen MR) is 90.4 cm³/mol. The molecule has 8 heteroatoms. The third kappa shape index (κ3) is 4.62. The zero-order valence-corrected chi connectivity index (χ0v) is 14.1. The molecule has 2 N–H and O–H groups in total. The third-order valence-electron chi connectivity index (χ3n) is 3.86. The van der Waals surface area contributed by atoms with Crippen molar-refractivity contribution in [3.05, 3.63) is 35.9 Å². The first-order chi connectivity index (χ1) is 11.6. The first-order valence-corrected chi connectivity index (χ1v) is 8.24. The number of ether oxygens (including phenoxy) is 1. The monoisotopic (exact) mass is 354 g/mol. The van der Waals surface area contributed by atoms with Crippen molar-refractivity contribution in [2.45, 2.75) is 24.3 Å². The van der Waals surface area contributed by atoms with E-state index in [0.717, 1.165) is 10.5 Å². The maximum Gasteiger partial charge on any atom is 0.410 e. The number of aliphatic hydroxyl groups is 2. The highest BCUT2D eigenvalue weighted by Gasteiger charge is 2.40. The Labute approximate surface area is 146 Å². The first kappa shape index (κ1) is 18.6. The van der Waals surface area contributed by atoms with E-state index in [2.05, 4.69) is 12.6 Å². The van der Waals surface area contributed by atoms with Crippen molar-refractivity contribution < 1.29 is 24.5 Å². The predicted octanol–water partition coefficient (Wildman–Crippen LogP) is 0.467. The molecule has 0 saturated carbocycles. The molecule has 0 bridgehead atoms. The van der Waals surface area contributed by atoms with Gasteiger partial charge in [-0.1, -0.05) is 30.3 Å². The summed E-state index contributed by atoms with van der Waals surface area (Å²) in [6.07, 6.45) is -0.208. The number of likely N-dealkylation sites (tertiary alicyclic amines) is 1. The van der Waals surface area contributed by atoms with Gasteiger partial charge in [0.25, 0.3) is 0 Å². The zero-order valence-electron chi connectivity index (χ0n) is 13.2. The smallest absolute Gasteiger partial charge is 0.410 e. The number of rotatable bonds is 6. The number of benzene rings is 1. The average molecular weight is 354 g/mol. The van der Waals surface area contributed by atoms with Gasteiger partial charge < -0.3 is 19.8 Å². The topological polar surface area (TPSA) is 90.3 Å². The van der Waals surface area contributed by atoms with Gasteiger partial charge in [0.05, 0.1) is 6.61 Å². The Morgan fingerprint density at radius 2 is 2.00 bits per heavy atom. The van der Waals surface area contributed by atoms with Gasteiger partial charge in [-0.25, -0.2) is 4.79 Å². The molecule has 1 aromatic carbocycles. The summed E-state index contributed by atoms with van der Waals surface area (Å²) in [6, 6.07) is 8.52. The van der Waals surface area contributed by atoms with Crippen molar-refractivity contribution in [3.8, 4) is 0 Å². The van der Waals surface area contributed by atoms with E-state index in [1.165, 1.54) is 4.90 Å². The molecule has 1 heterocycles. The van der Waals surface area contributed by atoms with Crippen molar-refractivity contribution in [1.29, 1.82) is 0 Å². The van der Waals surface area contributed by atoms with Crippen molar-refractivity contribution >= 4 is 24.6 Å². The molecule has 2 atom stereocenters. The first-order valence-electron chi connectivity index (χ1n) is 7.72. The Bertz CT molecular complexity index is 557. The highest BCUT2D eigenvalue weighted by molar-refractivity contribution is 7.81. The SMILES string of the molecule is O=C([C@@H]1C[C@@H](S)CN1C(=O)OCc1ccccc1)N(CO)CCO. The number of amides is 2. The van der Waals surface area contributed by atoms with Crippen LogP contribution in [0.2, 0.25) is 0 Å². The van der Waals surface area contributed by atoms with E-state index < -0.39 is 24.8 Å². The number of aliphatic hydroxyl groups excluding tert-OH is 2. The fourth-order valence-corrected chi connectivity index (χ4v) is 3.01. The van der Waals surface area contributed by atoms with Crippen LogP contribution in [0.5, 0.6) is 0 Å². The van der Waals surface area contributed by atoms with Gasteiger partial charge >= 0.3 is 6.09 Å². The van der Waals surface area contributed by atoms with Crippen LogP contribution in [0.1, 0.15) is 12.0 Å². The zero-order chi connectivity index (χ0) is 17.5. The number of hydrogen-bond acceptors (Lipinski definition) is 6. The van der Waals surface area contributed by atoms with E-state index in [1.807, 2.05) is 30.3 Å². The lowest BCUT2D eigenvalue weighted by atomic mass is 10.2. The van der Waals surface area contributed by atoms with E-state index in [4.69, 9.17) is 9.84 Å². The highest BCUT2D eigenvalue weighted by atomic mass is 32.1. The van der Waals surface area contributed by atoms with Gasteiger partial charge in [-0.3, -0.25) is 9.69 Å². The molecule has 0 aliphatic carbocycles. The minimum Gasteiger partial charge on any atom is -0.445 e. The molecule has 2 rings (SSSR count). The second-order valence-corrected chi connectivity index (χ2v) is 6.29. The number of carbonyl (C=O) groups is 2. The van der Waals surface area contributed by atoms with E-state index in [1.54, 1.807) is 0 Å². The molecular weight excluding hydrogens is 332 g/mol. The number of thiol groups is 1. The van der Waals surface area contributed by atoms with Crippen molar-refractivity contribution in [1.82, 2.24) is 9.80 Å². The maximum atomic E-state index is 12.5. The van der Waals surface area contributed by atoms with Gasteiger partial charge in [-0.05, 0) is 12.0 Å². The summed E-state index contributed by atoms with van der Waals surface area (Å²) < 4.78 is 5.28. The summed E-state index contributed by atoms with van der Waals surface area (Å²) in [4.78, 5) is 27.2. The number of carbonyl (C=O) groups excluding carboxylic acids is 2. The molecule has 1 saturated heterocycles. The lowest BCUT2D eigenvalue weighted by molar-refractivity contribution is -0.139. The molecular formula is C16H22N2O5S. The summed E-state index contributed by atoms with van der Waals surface area (Å²) in [5.74, 6) is -0.417. The van der Waals surface area contributed by atoms with E-state index >= 15 is 0 Å². The molecule has 0 spiro atoms. The molecule has 2 amide bonds. The fraction of sp³-hybridized carbons (Fsp3) is 0.500. The van der Waals surface area contributed by atoms with Gasteiger partial charge in [0.1, 0.15) is 19.4 Å². The molecule has 24 heavy (non-hydrogen) atoms. The molecule has 0 aromatic heterocycles. The van der Waals surface area contributed by atoms with Crippen LogP contribution in [0.3, 0.4) is 0 Å². The Morgan fingerprint density at radius 1 is 1.29 bits per heavy atom. The molecule has 1 aromatic rings. The van der Waals surface area contributed by atoms with Crippen LogP contribution in [-0.4, -0.2) is 69.7 Å². The fourth-order valence-electron chi connectivity index (χ4n) is 2.63. The van der Waals surface area contributed by atoms with Gasteiger partial charge in [0.15, 0.2) is 0 Å². The van der Waals surface area contributed by atoms with Crippen LogP contribution in [0, 0.1) is 0 Å². The quantitative estimate of drug-likeness (QED) is 0.510. The highest BCUT2D eigenvalue weighted by Crippen LogP contribution is 2.24. The summed E-state index contributed by atoms with van der Waals surface area (Å²) >= 11 is 4.36. The minimum atomic E-state index is -0.741. The average Bonchev–Trinajstić information content (AvgIpc) is 2.99. The van der Waals surface area contributed by atoms with Crippen LogP contribution in [-0.2, 0) is 16.1 Å². The Kier molecular flexibility index (Phi) is 6.89. The number of hydrogen-bond donors (Lipinski definition) is 3. The molecule has 7 nitrogen and oxygen atoms in total. The van der Waals surface area contributed by atoms with Crippen LogP contribution in [0.25, 0.3) is 0 Å². The summed E-state index contributed by atoms with van der Waals surface area (Å²) in [5.41, 5.74) is 0.854. The maximum absolute atomic E-state index is 12.5. The lowest BCUT2D eigenvalue weighted by Gasteiger charge is -2.28. The summed E-state index contributed by atoms with van der Waals surface area (Å²) in [7, 11) is 0. The van der Waals surface area contributed by atoms with Gasteiger partial charge in [0.2, 0.25) is 5.91 Å². The Morgan fingerprint density at radius 3 is 2.62 bits per heavy atom. The molecule has 0 radical (unpaired) electrons. The Hall–Kier alpha value is -1.77. The van der Waals surface area contributed by atoms with Crippen LogP contribution >= 0.6 is 12.6 Å². The second-order valence-electron chi connectivity index (χ2n) is 5.56. The van der Waals surface area contributed by atoms with Crippen LogP contribution in [0.4, 0.5) is 4.79 Å².